The third kappa shape index (κ3) is 4.51. The van der Waals surface area contributed by atoms with Crippen molar-refractivity contribution < 1.29 is 32.0 Å². The number of ketones is 1. The summed E-state index contributed by atoms with van der Waals surface area (Å²) in [6.45, 7) is 0. The van der Waals surface area contributed by atoms with Crippen LogP contribution in [-0.2, 0) is 6.42 Å². The fourth-order valence-corrected chi connectivity index (χ4v) is 1.95. The molecule has 2 rings (SSSR count). The van der Waals surface area contributed by atoms with E-state index in [9.17, 15) is 32.5 Å². The van der Waals surface area contributed by atoms with E-state index < -0.39 is 39.9 Å². The number of carbonyl (C=O) groups excluding carboxylic acids is 1. The largest absolute Gasteiger partial charge is 0.573 e. The molecule has 0 aliphatic heterocycles. The first-order valence-electron chi connectivity index (χ1n) is 6.47. The number of rotatable bonds is 5. The van der Waals surface area contributed by atoms with Crippen molar-refractivity contribution in [1.29, 1.82) is 0 Å². The molecule has 0 heterocycles. The number of alkyl halides is 3. The van der Waals surface area contributed by atoms with Crippen LogP contribution < -0.4 is 4.74 Å². The second-order valence-electron chi connectivity index (χ2n) is 4.71. The summed E-state index contributed by atoms with van der Waals surface area (Å²) in [7, 11) is 0. The van der Waals surface area contributed by atoms with Gasteiger partial charge in [-0.15, -0.1) is 13.2 Å². The number of benzene rings is 2. The Hall–Kier alpha value is -2.97. The number of nitro groups is 1. The van der Waals surface area contributed by atoms with Gasteiger partial charge in [-0.1, -0.05) is 12.1 Å². The lowest BCUT2D eigenvalue weighted by Crippen LogP contribution is -2.19. The number of nitro benzene ring substituents is 1. The van der Waals surface area contributed by atoms with Gasteiger partial charge in [0.2, 0.25) is 0 Å². The number of halogens is 4. The summed E-state index contributed by atoms with van der Waals surface area (Å²) in [5, 5.41) is 10.8. The van der Waals surface area contributed by atoms with Crippen molar-refractivity contribution in [2.45, 2.75) is 12.8 Å². The van der Waals surface area contributed by atoms with Crippen LogP contribution in [0.15, 0.2) is 42.5 Å². The summed E-state index contributed by atoms with van der Waals surface area (Å²) in [6, 6.07) is 6.97. The van der Waals surface area contributed by atoms with Crippen LogP contribution in [0.2, 0.25) is 0 Å². The van der Waals surface area contributed by atoms with Crippen molar-refractivity contribution in [1.82, 2.24) is 0 Å². The maximum atomic E-state index is 12.8. The van der Waals surface area contributed by atoms with Gasteiger partial charge in [0.25, 0.3) is 5.69 Å². The highest BCUT2D eigenvalue weighted by Gasteiger charge is 2.33. The molecule has 0 radical (unpaired) electrons. The van der Waals surface area contributed by atoms with Gasteiger partial charge < -0.3 is 4.74 Å². The summed E-state index contributed by atoms with van der Waals surface area (Å²) in [4.78, 5) is 22.1. The van der Waals surface area contributed by atoms with Crippen LogP contribution in [0.3, 0.4) is 0 Å². The zero-order valence-electron chi connectivity index (χ0n) is 11.8. The van der Waals surface area contributed by atoms with Gasteiger partial charge in [0, 0.05) is 18.6 Å². The van der Waals surface area contributed by atoms with E-state index in [2.05, 4.69) is 4.74 Å². The van der Waals surface area contributed by atoms with Gasteiger partial charge >= 0.3 is 6.36 Å². The van der Waals surface area contributed by atoms with E-state index in [4.69, 9.17) is 0 Å². The Labute approximate surface area is 132 Å². The number of ether oxygens (including phenoxy) is 1. The minimum Gasteiger partial charge on any atom is -0.405 e. The molecule has 0 aliphatic carbocycles. The molecule has 0 amide bonds. The topological polar surface area (TPSA) is 69.4 Å². The maximum absolute atomic E-state index is 12.8. The van der Waals surface area contributed by atoms with E-state index in [1.54, 1.807) is 0 Å². The summed E-state index contributed by atoms with van der Waals surface area (Å²) in [6.07, 6.45) is -5.42. The third-order valence-electron chi connectivity index (χ3n) is 2.98. The second-order valence-corrected chi connectivity index (χ2v) is 4.71. The standard InChI is InChI=1S/C15H9F4NO4/c16-10-3-1-9(2-4-10)7-13(21)12-8-11(20(22)23)5-6-14(12)24-15(17,18)19/h1-6,8H,7H2. The van der Waals surface area contributed by atoms with E-state index in [-0.39, 0.29) is 6.42 Å². The Morgan fingerprint density at radius 2 is 1.75 bits per heavy atom. The average Bonchev–Trinajstić information content (AvgIpc) is 2.48. The predicted octanol–water partition coefficient (Wildman–Crippen LogP) is 4.06. The number of Topliss-reactive ketones (excluding diaryl/α,β-unsaturated/α-hetero) is 1. The van der Waals surface area contributed by atoms with Crippen LogP contribution in [0.4, 0.5) is 23.2 Å². The average molecular weight is 343 g/mol. The van der Waals surface area contributed by atoms with Crippen molar-refractivity contribution in [2.75, 3.05) is 0 Å². The first-order chi connectivity index (χ1) is 11.2. The molecular weight excluding hydrogens is 334 g/mol. The second kappa shape index (κ2) is 6.65. The zero-order chi connectivity index (χ0) is 17.9. The van der Waals surface area contributed by atoms with Crippen LogP contribution in [0, 0.1) is 15.9 Å². The molecule has 2 aromatic rings. The van der Waals surface area contributed by atoms with Crippen LogP contribution in [0.25, 0.3) is 0 Å². The van der Waals surface area contributed by atoms with Crippen molar-refractivity contribution in [3.05, 3.63) is 69.5 Å². The number of nitrogens with zero attached hydrogens (tertiary/aromatic N) is 1. The normalized spacial score (nSPS) is 11.2. The van der Waals surface area contributed by atoms with Gasteiger partial charge in [-0.25, -0.2) is 4.39 Å². The molecule has 0 saturated carbocycles. The van der Waals surface area contributed by atoms with Crippen LogP contribution in [0.5, 0.6) is 5.75 Å². The highest BCUT2D eigenvalue weighted by atomic mass is 19.4. The lowest BCUT2D eigenvalue weighted by atomic mass is 10.0. The minimum absolute atomic E-state index is 0.339. The van der Waals surface area contributed by atoms with Gasteiger partial charge in [-0.3, -0.25) is 14.9 Å². The molecule has 2 aromatic carbocycles. The molecular formula is C15H9F4NO4. The van der Waals surface area contributed by atoms with E-state index >= 15 is 0 Å². The molecule has 0 saturated heterocycles. The highest BCUT2D eigenvalue weighted by Crippen LogP contribution is 2.30. The molecule has 0 unspecified atom stereocenters. The number of hydrogen-bond donors (Lipinski definition) is 0. The lowest BCUT2D eigenvalue weighted by Gasteiger charge is -2.12. The minimum atomic E-state index is -5.05. The Morgan fingerprint density at radius 1 is 1.12 bits per heavy atom. The van der Waals surface area contributed by atoms with Crippen molar-refractivity contribution in [3.8, 4) is 5.75 Å². The Morgan fingerprint density at radius 3 is 2.29 bits per heavy atom. The van der Waals surface area contributed by atoms with Crippen LogP contribution in [0.1, 0.15) is 15.9 Å². The monoisotopic (exact) mass is 343 g/mol. The van der Waals surface area contributed by atoms with Crippen LogP contribution >= 0.6 is 0 Å². The van der Waals surface area contributed by atoms with Crippen molar-refractivity contribution >= 4 is 11.5 Å². The van der Waals surface area contributed by atoms with Gasteiger partial charge in [0.15, 0.2) is 5.78 Å². The molecule has 24 heavy (non-hydrogen) atoms. The first kappa shape index (κ1) is 17.4. The Kier molecular flexibility index (Phi) is 4.82. The molecule has 0 atom stereocenters. The van der Waals surface area contributed by atoms with Gasteiger partial charge in [-0.2, -0.15) is 0 Å². The fourth-order valence-electron chi connectivity index (χ4n) is 1.95. The molecule has 0 bridgehead atoms. The molecule has 0 aliphatic rings. The number of carbonyl (C=O) groups is 1. The lowest BCUT2D eigenvalue weighted by molar-refractivity contribution is -0.385. The smallest absolute Gasteiger partial charge is 0.405 e. The summed E-state index contributed by atoms with van der Waals surface area (Å²) < 4.78 is 53.8. The predicted molar refractivity (Wildman–Crippen MR) is 74.2 cm³/mol. The highest BCUT2D eigenvalue weighted by molar-refractivity contribution is 6.00. The maximum Gasteiger partial charge on any atom is 0.573 e. The molecule has 0 spiro atoms. The third-order valence-corrected chi connectivity index (χ3v) is 2.98. The molecule has 0 fully saturated rings. The fraction of sp³-hybridized carbons (Fsp3) is 0.133. The van der Waals surface area contributed by atoms with E-state index in [0.29, 0.717) is 17.7 Å². The van der Waals surface area contributed by atoms with E-state index in [1.807, 2.05) is 0 Å². The van der Waals surface area contributed by atoms with Gasteiger partial charge in [0.1, 0.15) is 11.6 Å². The molecule has 5 nitrogen and oxygen atoms in total. The molecule has 126 valence electrons. The van der Waals surface area contributed by atoms with Crippen molar-refractivity contribution in [2.24, 2.45) is 0 Å². The quantitative estimate of drug-likeness (QED) is 0.355. The summed E-state index contributed by atoms with van der Waals surface area (Å²) in [5.41, 5.74) is -0.788. The molecule has 0 N–H and O–H groups in total. The Bertz CT molecular complexity index is 772. The summed E-state index contributed by atoms with van der Waals surface area (Å²) in [5.74, 6) is -2.20. The van der Waals surface area contributed by atoms with Crippen LogP contribution in [-0.4, -0.2) is 17.1 Å². The number of non-ortho nitro benzene ring substituents is 1. The first-order valence-corrected chi connectivity index (χ1v) is 6.47. The van der Waals surface area contributed by atoms with Gasteiger partial charge in [-0.05, 0) is 23.8 Å². The van der Waals surface area contributed by atoms with E-state index in [0.717, 1.165) is 18.2 Å². The summed E-state index contributed by atoms with van der Waals surface area (Å²) >= 11 is 0. The molecule has 0 aromatic heterocycles. The number of hydrogen-bond acceptors (Lipinski definition) is 4. The zero-order valence-corrected chi connectivity index (χ0v) is 11.8. The van der Waals surface area contributed by atoms with E-state index in [1.165, 1.54) is 12.1 Å². The molecule has 9 heteroatoms. The van der Waals surface area contributed by atoms with Gasteiger partial charge in [0.05, 0.1) is 10.5 Å². The van der Waals surface area contributed by atoms with Crippen molar-refractivity contribution in [3.63, 3.8) is 0 Å². The Balaban J connectivity index is 2.36. The SMILES string of the molecule is O=C(Cc1ccc(F)cc1)c1cc([N+](=O)[O-])ccc1OC(F)(F)F.